The van der Waals surface area contributed by atoms with Crippen LogP contribution in [-0.2, 0) is 28.6 Å². The molecule has 1 atom stereocenters. The molecule has 0 amide bonds. The van der Waals surface area contributed by atoms with Gasteiger partial charge in [-0.1, -0.05) is 216 Å². The third kappa shape index (κ3) is 48.1. The van der Waals surface area contributed by atoms with Gasteiger partial charge < -0.3 is 14.2 Å². The summed E-state index contributed by atoms with van der Waals surface area (Å²) < 4.78 is 16.8. The van der Waals surface area contributed by atoms with E-state index in [1.54, 1.807) is 0 Å². The Bertz CT molecular complexity index is 1130. The van der Waals surface area contributed by atoms with Crippen molar-refractivity contribution in [3.05, 3.63) is 60.8 Å². The molecule has 0 aromatic carbocycles. The van der Waals surface area contributed by atoms with E-state index >= 15 is 0 Å². The molecule has 0 aromatic heterocycles. The molecule has 0 rings (SSSR count). The van der Waals surface area contributed by atoms with Gasteiger partial charge in [0.15, 0.2) is 6.10 Å². The Kier molecular flexibility index (Phi) is 48.4. The van der Waals surface area contributed by atoms with Crippen LogP contribution in [0.25, 0.3) is 0 Å². The molecule has 0 radical (unpaired) electrons. The molecule has 0 heterocycles. The van der Waals surface area contributed by atoms with Gasteiger partial charge in [0.05, 0.1) is 0 Å². The number of unbranched alkanes of at least 4 members (excludes halogenated alkanes) is 26. The largest absolute Gasteiger partial charge is 0.462 e. The van der Waals surface area contributed by atoms with Crippen LogP contribution in [0.5, 0.6) is 0 Å². The maximum absolute atomic E-state index is 12.8. The van der Waals surface area contributed by atoms with E-state index in [4.69, 9.17) is 14.2 Å². The van der Waals surface area contributed by atoms with Crippen molar-refractivity contribution in [1.82, 2.24) is 0 Å². The molecular formula is C56H98O6. The molecule has 1 unspecified atom stereocenters. The average molecular weight is 867 g/mol. The summed E-state index contributed by atoms with van der Waals surface area (Å²) in [5, 5.41) is 0. The predicted molar refractivity (Wildman–Crippen MR) is 265 cm³/mol. The first-order chi connectivity index (χ1) is 30.5. The molecule has 0 saturated heterocycles. The zero-order valence-corrected chi connectivity index (χ0v) is 40.9. The average Bonchev–Trinajstić information content (AvgIpc) is 3.27. The van der Waals surface area contributed by atoms with Crippen LogP contribution in [0.2, 0.25) is 0 Å². The molecule has 0 spiro atoms. The summed E-state index contributed by atoms with van der Waals surface area (Å²) in [5.41, 5.74) is 0. The molecule has 0 aliphatic rings. The maximum Gasteiger partial charge on any atom is 0.306 e. The van der Waals surface area contributed by atoms with Crippen LogP contribution in [0.4, 0.5) is 0 Å². The van der Waals surface area contributed by atoms with Crippen LogP contribution in [0.3, 0.4) is 0 Å². The van der Waals surface area contributed by atoms with Gasteiger partial charge in [0.25, 0.3) is 0 Å². The minimum absolute atomic E-state index is 0.0790. The fraction of sp³-hybridized carbons (Fsp3) is 0.768. The molecule has 6 nitrogen and oxygen atoms in total. The van der Waals surface area contributed by atoms with Gasteiger partial charge in [0, 0.05) is 19.3 Å². The normalized spacial score (nSPS) is 12.5. The molecule has 0 bridgehead atoms. The number of ether oxygens (including phenoxy) is 3. The van der Waals surface area contributed by atoms with Gasteiger partial charge in [-0.05, 0) is 83.5 Å². The van der Waals surface area contributed by atoms with Crippen molar-refractivity contribution in [1.29, 1.82) is 0 Å². The van der Waals surface area contributed by atoms with Crippen molar-refractivity contribution >= 4 is 17.9 Å². The van der Waals surface area contributed by atoms with Crippen molar-refractivity contribution in [3.63, 3.8) is 0 Å². The molecular weight excluding hydrogens is 769 g/mol. The van der Waals surface area contributed by atoms with Gasteiger partial charge in [0.1, 0.15) is 13.2 Å². The van der Waals surface area contributed by atoms with Gasteiger partial charge >= 0.3 is 17.9 Å². The van der Waals surface area contributed by atoms with Crippen LogP contribution < -0.4 is 0 Å². The summed E-state index contributed by atoms with van der Waals surface area (Å²) in [4.78, 5) is 38.0. The fourth-order valence-electron chi connectivity index (χ4n) is 7.31. The highest BCUT2D eigenvalue weighted by molar-refractivity contribution is 5.71. The number of hydrogen-bond acceptors (Lipinski definition) is 6. The van der Waals surface area contributed by atoms with Gasteiger partial charge in [-0.25, -0.2) is 0 Å². The monoisotopic (exact) mass is 867 g/mol. The van der Waals surface area contributed by atoms with E-state index in [2.05, 4.69) is 81.5 Å². The standard InChI is InChI=1S/C56H98O6/c1-4-7-10-13-16-19-22-24-26-28-30-32-34-37-40-43-46-49-55(58)61-52-53(51-60-54(57)48-45-42-39-36-21-18-15-12-9-6-3)62-56(59)50-47-44-41-38-35-33-31-29-27-25-23-20-17-14-11-8-5-2/h7,10,16-17,19-20,24-27,53H,4-6,8-9,11-15,18,21-23,28-52H2,1-3H3/b10-7-,19-16-,20-17-,26-24-,27-25-. The topological polar surface area (TPSA) is 78.9 Å². The van der Waals surface area contributed by atoms with Gasteiger partial charge in [-0.15, -0.1) is 0 Å². The lowest BCUT2D eigenvalue weighted by atomic mass is 10.1. The number of rotatable bonds is 47. The Balaban J connectivity index is 4.36. The highest BCUT2D eigenvalue weighted by Crippen LogP contribution is 2.15. The smallest absolute Gasteiger partial charge is 0.306 e. The lowest BCUT2D eigenvalue weighted by Crippen LogP contribution is -2.30. The van der Waals surface area contributed by atoms with Gasteiger partial charge in [-0.2, -0.15) is 0 Å². The van der Waals surface area contributed by atoms with E-state index in [1.165, 1.54) is 122 Å². The van der Waals surface area contributed by atoms with E-state index in [9.17, 15) is 14.4 Å². The molecule has 6 heteroatoms. The summed E-state index contributed by atoms with van der Waals surface area (Å²) in [6.07, 6.45) is 62.0. The Hall–Kier alpha value is -2.89. The van der Waals surface area contributed by atoms with E-state index in [-0.39, 0.29) is 31.1 Å². The predicted octanol–water partition coefficient (Wildman–Crippen LogP) is 17.3. The maximum atomic E-state index is 12.8. The molecule has 0 N–H and O–H groups in total. The number of carbonyl (C=O) groups is 3. The summed E-state index contributed by atoms with van der Waals surface area (Å²) in [5.74, 6) is -0.893. The Morgan fingerprint density at radius 3 is 1.02 bits per heavy atom. The zero-order valence-electron chi connectivity index (χ0n) is 40.9. The summed E-state index contributed by atoms with van der Waals surface area (Å²) in [6, 6.07) is 0. The van der Waals surface area contributed by atoms with E-state index in [1.807, 2.05) is 0 Å². The number of allylic oxidation sites excluding steroid dienone is 10. The zero-order chi connectivity index (χ0) is 45.1. The van der Waals surface area contributed by atoms with Crippen molar-refractivity contribution in [2.75, 3.05) is 13.2 Å². The first-order valence-corrected chi connectivity index (χ1v) is 26.3. The first-order valence-electron chi connectivity index (χ1n) is 26.3. The van der Waals surface area contributed by atoms with Gasteiger partial charge in [0.2, 0.25) is 0 Å². The summed E-state index contributed by atoms with van der Waals surface area (Å²) in [7, 11) is 0. The molecule has 358 valence electrons. The van der Waals surface area contributed by atoms with Crippen LogP contribution >= 0.6 is 0 Å². The second-order valence-electron chi connectivity index (χ2n) is 17.4. The molecule has 0 fully saturated rings. The third-order valence-electron chi connectivity index (χ3n) is 11.3. The minimum Gasteiger partial charge on any atom is -0.462 e. The number of hydrogen-bond donors (Lipinski definition) is 0. The highest BCUT2D eigenvalue weighted by atomic mass is 16.6. The second kappa shape index (κ2) is 50.8. The lowest BCUT2D eigenvalue weighted by molar-refractivity contribution is -0.167. The second-order valence-corrected chi connectivity index (χ2v) is 17.4. The number of esters is 3. The van der Waals surface area contributed by atoms with Crippen LogP contribution in [-0.4, -0.2) is 37.2 Å². The van der Waals surface area contributed by atoms with Crippen LogP contribution in [0.1, 0.15) is 258 Å². The molecule has 0 aliphatic carbocycles. The van der Waals surface area contributed by atoms with Crippen molar-refractivity contribution in [2.45, 2.75) is 264 Å². The Morgan fingerprint density at radius 2 is 0.629 bits per heavy atom. The summed E-state index contributed by atoms with van der Waals surface area (Å²) in [6.45, 7) is 6.49. The van der Waals surface area contributed by atoms with Crippen molar-refractivity contribution in [2.24, 2.45) is 0 Å². The molecule has 0 saturated carbocycles. The first kappa shape index (κ1) is 59.1. The van der Waals surface area contributed by atoms with Crippen molar-refractivity contribution in [3.8, 4) is 0 Å². The molecule has 0 aliphatic heterocycles. The van der Waals surface area contributed by atoms with Crippen molar-refractivity contribution < 1.29 is 28.6 Å². The van der Waals surface area contributed by atoms with Gasteiger partial charge in [-0.3, -0.25) is 14.4 Å². The molecule has 62 heavy (non-hydrogen) atoms. The lowest BCUT2D eigenvalue weighted by Gasteiger charge is -2.18. The van der Waals surface area contributed by atoms with E-state index < -0.39 is 6.10 Å². The molecule has 0 aromatic rings. The number of carbonyl (C=O) groups excluding carboxylic acids is 3. The van der Waals surface area contributed by atoms with E-state index in [0.29, 0.717) is 19.3 Å². The fourth-order valence-corrected chi connectivity index (χ4v) is 7.31. The third-order valence-corrected chi connectivity index (χ3v) is 11.3. The Morgan fingerprint density at radius 1 is 0.339 bits per heavy atom. The quantitative estimate of drug-likeness (QED) is 0.0262. The highest BCUT2D eigenvalue weighted by Gasteiger charge is 2.19. The van der Waals surface area contributed by atoms with Crippen LogP contribution in [0, 0.1) is 0 Å². The van der Waals surface area contributed by atoms with E-state index in [0.717, 1.165) is 96.3 Å². The van der Waals surface area contributed by atoms with Crippen LogP contribution in [0.15, 0.2) is 60.8 Å². The Labute approximate surface area is 383 Å². The minimum atomic E-state index is -0.779. The summed E-state index contributed by atoms with van der Waals surface area (Å²) >= 11 is 0. The SMILES string of the molecule is CC/C=C\C/C=C\C/C=C\CCCCCCCCCC(=O)OCC(COC(=O)CCCCCCCCCCCC)OC(=O)CCCCCCCCC/C=C\C/C=C\CCCCC.